The Morgan fingerprint density at radius 3 is 2.34 bits per heavy atom. The molecule has 29 heavy (non-hydrogen) atoms. The molecule has 0 spiro atoms. The molecule has 7 nitrogen and oxygen atoms in total. The van der Waals surface area contributed by atoms with Crippen LogP contribution in [0.2, 0.25) is 0 Å². The maximum atomic E-state index is 12.5. The normalized spacial score (nSPS) is 17.3. The second-order valence-electron chi connectivity index (χ2n) is 7.18. The molecule has 7 heteroatoms. The van der Waals surface area contributed by atoms with Crippen molar-refractivity contribution in [1.82, 2.24) is 9.80 Å². The van der Waals surface area contributed by atoms with Crippen molar-refractivity contribution >= 4 is 17.7 Å². The Bertz CT molecular complexity index is 923. The molecular formula is C22H22N2O5. The highest BCUT2D eigenvalue weighted by atomic mass is 16.6. The number of imide groups is 1. The Kier molecular flexibility index (Phi) is 5.20. The van der Waals surface area contributed by atoms with Crippen molar-refractivity contribution in [1.29, 1.82) is 0 Å². The lowest BCUT2D eigenvalue weighted by Gasteiger charge is -2.29. The highest BCUT2D eigenvalue weighted by Crippen LogP contribution is 2.31. The molecule has 0 bridgehead atoms. The number of benzene rings is 2. The summed E-state index contributed by atoms with van der Waals surface area (Å²) in [6.45, 7) is 1.01. The number of ether oxygens (including phenoxy) is 2. The predicted octanol–water partition coefficient (Wildman–Crippen LogP) is 2.36. The maximum Gasteiger partial charge on any atom is 0.261 e. The zero-order valence-electron chi connectivity index (χ0n) is 16.2. The largest absolute Gasteiger partial charge is 0.486 e. The van der Waals surface area contributed by atoms with Gasteiger partial charge in [-0.25, -0.2) is 0 Å². The van der Waals surface area contributed by atoms with E-state index in [1.54, 1.807) is 36.2 Å². The Hall–Kier alpha value is -3.35. The van der Waals surface area contributed by atoms with Crippen LogP contribution in [-0.4, -0.2) is 60.4 Å². The summed E-state index contributed by atoms with van der Waals surface area (Å²) in [5, 5.41) is 0. The van der Waals surface area contributed by atoms with Crippen molar-refractivity contribution in [3.63, 3.8) is 0 Å². The van der Waals surface area contributed by atoms with Gasteiger partial charge in [-0.1, -0.05) is 24.3 Å². The number of hydrogen-bond acceptors (Lipinski definition) is 5. The molecule has 2 aromatic rings. The van der Waals surface area contributed by atoms with E-state index in [2.05, 4.69) is 0 Å². The number of likely N-dealkylation sites (N-methyl/N-ethyl adjacent to an activating group) is 1. The van der Waals surface area contributed by atoms with Gasteiger partial charge in [-0.15, -0.1) is 0 Å². The number of carbonyl (C=O) groups excluding carboxylic acids is 3. The summed E-state index contributed by atoms with van der Waals surface area (Å²) in [7, 11) is 1.72. The molecule has 0 saturated heterocycles. The van der Waals surface area contributed by atoms with Crippen LogP contribution in [0.1, 0.15) is 33.6 Å². The van der Waals surface area contributed by atoms with Gasteiger partial charge in [0.1, 0.15) is 6.61 Å². The summed E-state index contributed by atoms with van der Waals surface area (Å²) in [6.07, 6.45) is 0.420. The minimum absolute atomic E-state index is 0.0657. The molecule has 3 amide bonds. The summed E-state index contributed by atoms with van der Waals surface area (Å²) in [6, 6.07) is 14.2. The summed E-state index contributed by atoms with van der Waals surface area (Å²) in [4.78, 5) is 40.0. The van der Waals surface area contributed by atoms with Gasteiger partial charge in [-0.05, 0) is 30.7 Å². The molecule has 4 rings (SSSR count). The van der Waals surface area contributed by atoms with Crippen molar-refractivity contribution in [3.8, 4) is 11.5 Å². The molecule has 150 valence electrons. The SMILES string of the molecule is CN(C[C@H]1COc2ccccc2O1)C(=O)CCCN1C(=O)c2ccccc2C1=O. The molecule has 0 N–H and O–H groups in total. The molecular weight excluding hydrogens is 372 g/mol. The van der Waals surface area contributed by atoms with E-state index in [-0.39, 0.29) is 36.8 Å². The molecule has 0 radical (unpaired) electrons. The Morgan fingerprint density at radius 1 is 1.03 bits per heavy atom. The second-order valence-corrected chi connectivity index (χ2v) is 7.18. The van der Waals surface area contributed by atoms with Crippen molar-refractivity contribution in [3.05, 3.63) is 59.7 Å². The highest BCUT2D eigenvalue weighted by Gasteiger charge is 2.34. The van der Waals surface area contributed by atoms with Crippen molar-refractivity contribution in [2.24, 2.45) is 0 Å². The smallest absolute Gasteiger partial charge is 0.261 e. The lowest BCUT2D eigenvalue weighted by atomic mass is 10.1. The van der Waals surface area contributed by atoms with Crippen LogP contribution in [0.3, 0.4) is 0 Å². The number of nitrogens with zero attached hydrogens (tertiary/aromatic N) is 2. The molecule has 0 unspecified atom stereocenters. The third-order valence-electron chi connectivity index (χ3n) is 5.12. The summed E-state index contributed by atoms with van der Waals surface area (Å²) in [5.74, 6) is 0.730. The Balaban J connectivity index is 1.25. The number of hydrogen-bond donors (Lipinski definition) is 0. The molecule has 2 heterocycles. The van der Waals surface area contributed by atoms with Gasteiger partial charge in [-0.2, -0.15) is 0 Å². The van der Waals surface area contributed by atoms with E-state index in [1.165, 1.54) is 4.90 Å². The minimum Gasteiger partial charge on any atom is -0.486 e. The highest BCUT2D eigenvalue weighted by molar-refractivity contribution is 6.21. The van der Waals surface area contributed by atoms with Gasteiger partial charge in [0.25, 0.3) is 11.8 Å². The first-order valence-electron chi connectivity index (χ1n) is 9.62. The van der Waals surface area contributed by atoms with Crippen molar-refractivity contribution < 1.29 is 23.9 Å². The van der Waals surface area contributed by atoms with Crippen molar-refractivity contribution in [2.45, 2.75) is 18.9 Å². The van der Waals surface area contributed by atoms with Crippen molar-refractivity contribution in [2.75, 3.05) is 26.7 Å². The monoisotopic (exact) mass is 394 g/mol. The fourth-order valence-corrected chi connectivity index (χ4v) is 3.58. The van der Waals surface area contributed by atoms with Gasteiger partial charge in [0.15, 0.2) is 17.6 Å². The number of amides is 3. The van der Waals surface area contributed by atoms with Crippen LogP contribution in [-0.2, 0) is 4.79 Å². The Labute approximate surface area is 168 Å². The van der Waals surface area contributed by atoms with Crippen LogP contribution >= 0.6 is 0 Å². The van der Waals surface area contributed by atoms with Crippen LogP contribution < -0.4 is 9.47 Å². The van der Waals surface area contributed by atoms with Gasteiger partial charge in [0.2, 0.25) is 5.91 Å². The van der Waals surface area contributed by atoms with Crippen LogP contribution in [0.15, 0.2) is 48.5 Å². The molecule has 1 atom stereocenters. The zero-order chi connectivity index (χ0) is 20.4. The van der Waals surface area contributed by atoms with E-state index in [0.717, 1.165) is 0 Å². The molecule has 0 fully saturated rings. The predicted molar refractivity (Wildman–Crippen MR) is 105 cm³/mol. The van der Waals surface area contributed by atoms with Crippen LogP contribution in [0, 0.1) is 0 Å². The average molecular weight is 394 g/mol. The van der Waals surface area contributed by atoms with Crippen LogP contribution in [0.25, 0.3) is 0 Å². The fourth-order valence-electron chi connectivity index (χ4n) is 3.58. The average Bonchev–Trinajstić information content (AvgIpc) is 2.98. The molecule has 2 aliphatic heterocycles. The van der Waals surface area contributed by atoms with Gasteiger partial charge in [-0.3, -0.25) is 19.3 Å². The van der Waals surface area contributed by atoms with Crippen LogP contribution in [0.4, 0.5) is 0 Å². The summed E-state index contributed by atoms with van der Waals surface area (Å²) >= 11 is 0. The summed E-state index contributed by atoms with van der Waals surface area (Å²) in [5.41, 5.74) is 0.853. The van der Waals surface area contributed by atoms with Gasteiger partial charge >= 0.3 is 0 Å². The third-order valence-corrected chi connectivity index (χ3v) is 5.12. The van der Waals surface area contributed by atoms with Crippen LogP contribution in [0.5, 0.6) is 11.5 Å². The standard InChI is InChI=1S/C22H22N2O5/c1-23(13-15-14-28-18-9-4-5-10-19(18)29-15)20(25)11-6-12-24-21(26)16-7-2-3-8-17(16)22(24)27/h2-5,7-10,15H,6,11-14H2,1H3/t15-/m0/s1. The Morgan fingerprint density at radius 2 is 1.66 bits per heavy atom. The van der Waals surface area contributed by atoms with E-state index < -0.39 is 0 Å². The number of rotatable bonds is 6. The number of carbonyl (C=O) groups is 3. The molecule has 0 aliphatic carbocycles. The lowest BCUT2D eigenvalue weighted by Crippen LogP contribution is -2.42. The second kappa shape index (κ2) is 7.95. The molecule has 2 aromatic carbocycles. The quantitative estimate of drug-likeness (QED) is 0.703. The van der Waals surface area contributed by atoms with Gasteiger partial charge in [0.05, 0.1) is 17.7 Å². The minimum atomic E-state index is -0.294. The fraction of sp³-hybridized carbons (Fsp3) is 0.318. The van der Waals surface area contributed by atoms with E-state index in [9.17, 15) is 14.4 Å². The first-order chi connectivity index (χ1) is 14.0. The third kappa shape index (κ3) is 3.81. The van der Waals surface area contributed by atoms with E-state index >= 15 is 0 Å². The topological polar surface area (TPSA) is 76.2 Å². The maximum absolute atomic E-state index is 12.5. The molecule has 2 aliphatic rings. The molecule has 0 aromatic heterocycles. The zero-order valence-corrected chi connectivity index (χ0v) is 16.2. The molecule has 0 saturated carbocycles. The van der Waals surface area contributed by atoms with E-state index in [4.69, 9.17) is 9.47 Å². The first-order valence-corrected chi connectivity index (χ1v) is 9.62. The van der Waals surface area contributed by atoms with E-state index in [0.29, 0.717) is 42.2 Å². The lowest BCUT2D eigenvalue weighted by molar-refractivity contribution is -0.131. The number of para-hydroxylation sites is 2. The van der Waals surface area contributed by atoms with Gasteiger partial charge < -0.3 is 14.4 Å². The first kappa shape index (κ1) is 19.0. The summed E-state index contributed by atoms with van der Waals surface area (Å²) < 4.78 is 11.6. The number of fused-ring (bicyclic) bond motifs is 2. The van der Waals surface area contributed by atoms with E-state index in [1.807, 2.05) is 24.3 Å². The van der Waals surface area contributed by atoms with Gasteiger partial charge in [0, 0.05) is 20.0 Å².